The van der Waals surface area contributed by atoms with Gasteiger partial charge in [0.15, 0.2) is 0 Å². The predicted molar refractivity (Wildman–Crippen MR) is 38.0 cm³/mol. The largest absolute Gasteiger partial charge is 0.249 e. The topological polar surface area (TPSA) is 53.8 Å². The van der Waals surface area contributed by atoms with Gasteiger partial charge in [0.1, 0.15) is 4.60 Å². The van der Waals surface area contributed by atoms with Crippen molar-refractivity contribution >= 4 is 15.9 Å². The molecule has 9 heavy (non-hydrogen) atoms. The molecule has 1 rings (SSSR count). The lowest BCUT2D eigenvalue weighted by Crippen LogP contribution is -1.66. The average Bonchev–Trinajstić information content (AvgIpc) is 1.94. The zero-order valence-corrected chi connectivity index (χ0v) is 6.13. The monoisotopic (exact) mass is 188 g/mol. The van der Waals surface area contributed by atoms with E-state index in [4.69, 9.17) is 4.91 Å². The fourth-order valence-electron chi connectivity index (χ4n) is 0.342. The van der Waals surface area contributed by atoms with Gasteiger partial charge >= 0.3 is 0 Å². The molecule has 4 heteroatoms. The maximum Gasteiger partial charge on any atom is 0.106 e. The van der Waals surface area contributed by atoms with Crippen molar-refractivity contribution < 1.29 is 0 Å². The van der Waals surface area contributed by atoms with Crippen LogP contribution in [0.3, 0.4) is 0 Å². The Hall–Kier alpha value is -0.770. The number of rotatable bonds is 0. The van der Waals surface area contributed by atoms with Gasteiger partial charge in [-0.25, -0.2) is 4.98 Å². The summed E-state index contributed by atoms with van der Waals surface area (Å²) < 4.78 is 0.884. The second kappa shape index (κ2) is 5.37. The number of nitrogens with zero attached hydrogens (tertiary/aromatic N) is 1. The summed E-state index contributed by atoms with van der Waals surface area (Å²) in [5, 5.41) is 0. The van der Waals surface area contributed by atoms with E-state index in [1.54, 1.807) is 6.20 Å². The highest BCUT2D eigenvalue weighted by atomic mass is 79.9. The van der Waals surface area contributed by atoms with Crippen molar-refractivity contribution in [2.45, 2.75) is 0 Å². The van der Waals surface area contributed by atoms with Crippen molar-refractivity contribution in [2.75, 3.05) is 0 Å². The van der Waals surface area contributed by atoms with Crippen molar-refractivity contribution in [1.82, 2.24) is 4.98 Å². The summed E-state index contributed by atoms with van der Waals surface area (Å²) in [5.74, 6) is 0. The maximum absolute atomic E-state index is 7.50. The fourth-order valence-corrected chi connectivity index (χ4v) is 0.613. The third-order valence-electron chi connectivity index (χ3n) is 0.629. The lowest BCUT2D eigenvalue weighted by molar-refractivity contribution is 1.28. The Morgan fingerprint density at radius 2 is 2.11 bits per heavy atom. The van der Waals surface area contributed by atoms with Crippen LogP contribution in [0.2, 0.25) is 0 Å². The van der Waals surface area contributed by atoms with Crippen LogP contribution in [-0.2, 0) is 0 Å². The molecule has 0 radical (unpaired) electrons. The van der Waals surface area contributed by atoms with E-state index in [0.717, 1.165) is 4.60 Å². The summed E-state index contributed by atoms with van der Waals surface area (Å²) in [4.78, 5) is 11.4. The van der Waals surface area contributed by atoms with E-state index in [1.807, 2.05) is 18.2 Å². The number of hydrogen-bond donors (Lipinski definition) is 1. The predicted octanol–water partition coefficient (Wildman–Crippen LogP) is 2.18. The Morgan fingerprint density at radius 1 is 1.44 bits per heavy atom. The zero-order chi connectivity index (χ0) is 7.11. The Kier molecular flexibility index (Phi) is 4.91. The van der Waals surface area contributed by atoms with Crippen molar-refractivity contribution in [3.8, 4) is 0 Å². The number of nitrogens with one attached hydrogen (secondary N) is 1. The van der Waals surface area contributed by atoms with E-state index < -0.39 is 0 Å². The molecule has 1 N–H and O–H groups in total. The Balaban J connectivity index is 0.000000291. The molecule has 0 bridgehead atoms. The van der Waals surface area contributed by atoms with Crippen LogP contribution in [0.15, 0.2) is 29.0 Å². The number of nitroso groups, excluding NO2 is 1. The molecule has 0 amide bonds. The molecule has 0 unspecified atom stereocenters. The lowest BCUT2D eigenvalue weighted by atomic mass is 10.5. The van der Waals surface area contributed by atoms with Crippen LogP contribution < -0.4 is 0 Å². The first kappa shape index (κ1) is 8.23. The molecule has 1 aromatic heterocycles. The van der Waals surface area contributed by atoms with Crippen LogP contribution >= 0.6 is 15.9 Å². The molecule has 0 aromatic carbocycles. The van der Waals surface area contributed by atoms with E-state index >= 15 is 0 Å². The van der Waals surface area contributed by atoms with Crippen molar-refractivity contribution in [3.05, 3.63) is 33.9 Å². The molecule has 48 valence electrons. The molecule has 0 saturated heterocycles. The summed E-state index contributed by atoms with van der Waals surface area (Å²) in [6, 6.07) is 5.70. The standard InChI is InChI=1S/C5H4BrN.HNO/c6-5-3-1-2-4-7-5;1-2/h1-4H;1H. The van der Waals surface area contributed by atoms with Crippen molar-refractivity contribution in [3.63, 3.8) is 0 Å². The van der Waals surface area contributed by atoms with E-state index in [2.05, 4.69) is 26.5 Å². The van der Waals surface area contributed by atoms with Gasteiger partial charge in [0.2, 0.25) is 0 Å². The van der Waals surface area contributed by atoms with E-state index in [0.29, 0.717) is 0 Å². The van der Waals surface area contributed by atoms with Crippen molar-refractivity contribution in [1.29, 1.82) is 5.59 Å². The van der Waals surface area contributed by atoms with Gasteiger partial charge in [-0.2, -0.15) is 4.91 Å². The molecular weight excluding hydrogens is 184 g/mol. The third-order valence-corrected chi connectivity index (χ3v) is 1.10. The van der Waals surface area contributed by atoms with Crippen LogP contribution in [0.4, 0.5) is 0 Å². The summed E-state index contributed by atoms with van der Waals surface area (Å²) in [6.45, 7) is 0. The SMILES string of the molecule is Brc1ccccn1.N=O. The minimum atomic E-state index is 0.884. The number of hydrogen-bond acceptors (Lipinski definition) is 3. The Labute approximate surface area is 61.0 Å². The highest BCUT2D eigenvalue weighted by Gasteiger charge is 1.75. The van der Waals surface area contributed by atoms with E-state index in [1.165, 1.54) is 0 Å². The van der Waals surface area contributed by atoms with Crippen LogP contribution in [0, 0.1) is 10.5 Å². The first-order valence-electron chi connectivity index (χ1n) is 2.16. The molecule has 0 aliphatic rings. The second-order valence-corrected chi connectivity index (χ2v) is 1.96. The zero-order valence-electron chi connectivity index (χ0n) is 4.54. The number of halogens is 1. The molecule has 0 aliphatic carbocycles. The second-order valence-electron chi connectivity index (χ2n) is 1.15. The summed E-state index contributed by atoms with van der Waals surface area (Å²) in [6.07, 6.45) is 1.74. The smallest absolute Gasteiger partial charge is 0.106 e. The van der Waals surface area contributed by atoms with Gasteiger partial charge in [0.05, 0.1) is 0 Å². The minimum Gasteiger partial charge on any atom is -0.249 e. The van der Waals surface area contributed by atoms with E-state index in [-0.39, 0.29) is 0 Å². The molecule has 0 saturated carbocycles. The lowest BCUT2D eigenvalue weighted by Gasteiger charge is -1.80. The summed E-state index contributed by atoms with van der Waals surface area (Å²) in [5.41, 5.74) is 4.50. The first-order valence-corrected chi connectivity index (χ1v) is 2.96. The molecular formula is C5H5BrN2O. The molecule has 0 fully saturated rings. The Bertz CT molecular complexity index is 156. The summed E-state index contributed by atoms with van der Waals surface area (Å²) >= 11 is 3.20. The molecule has 0 spiro atoms. The molecule has 0 aliphatic heterocycles. The van der Waals surface area contributed by atoms with Gasteiger partial charge in [-0.1, -0.05) is 11.7 Å². The quantitative estimate of drug-likeness (QED) is 0.502. The van der Waals surface area contributed by atoms with E-state index in [9.17, 15) is 0 Å². The molecule has 0 atom stereocenters. The highest BCUT2D eigenvalue weighted by molar-refractivity contribution is 9.10. The van der Waals surface area contributed by atoms with Crippen LogP contribution in [-0.4, -0.2) is 4.98 Å². The van der Waals surface area contributed by atoms with Gasteiger partial charge < -0.3 is 0 Å². The normalized spacial score (nSPS) is 7.22. The van der Waals surface area contributed by atoms with Gasteiger partial charge in [-0.3, -0.25) is 0 Å². The van der Waals surface area contributed by atoms with Gasteiger partial charge in [0, 0.05) is 6.20 Å². The highest BCUT2D eigenvalue weighted by Crippen LogP contribution is 2.00. The number of pyridine rings is 1. The fraction of sp³-hybridized carbons (Fsp3) is 0. The minimum absolute atomic E-state index is 0.884. The third kappa shape index (κ3) is 3.78. The first-order chi connectivity index (χ1) is 4.39. The van der Waals surface area contributed by atoms with Crippen LogP contribution in [0.1, 0.15) is 0 Å². The van der Waals surface area contributed by atoms with Crippen LogP contribution in [0.5, 0.6) is 0 Å². The van der Waals surface area contributed by atoms with Gasteiger partial charge in [-0.15, -0.1) is 0 Å². The van der Waals surface area contributed by atoms with Crippen molar-refractivity contribution in [2.24, 2.45) is 0 Å². The Morgan fingerprint density at radius 3 is 2.33 bits per heavy atom. The average molecular weight is 189 g/mol. The molecule has 3 nitrogen and oxygen atoms in total. The molecule has 1 heterocycles. The van der Waals surface area contributed by atoms with Gasteiger partial charge in [0.25, 0.3) is 0 Å². The number of aromatic nitrogens is 1. The van der Waals surface area contributed by atoms with Gasteiger partial charge in [-0.05, 0) is 28.1 Å². The van der Waals surface area contributed by atoms with Crippen LogP contribution in [0.25, 0.3) is 0 Å². The molecule has 1 aromatic rings. The summed E-state index contributed by atoms with van der Waals surface area (Å²) in [7, 11) is 0. The maximum atomic E-state index is 7.50.